The molecule has 1 heterocycles. The van der Waals surface area contributed by atoms with Crippen LogP contribution >= 0.6 is 0 Å². The van der Waals surface area contributed by atoms with Crippen molar-refractivity contribution < 1.29 is 4.79 Å². The molecule has 3 N–H and O–H groups in total. The Bertz CT molecular complexity index is 224. The summed E-state index contributed by atoms with van der Waals surface area (Å²) in [6.07, 6.45) is 2.85. The van der Waals surface area contributed by atoms with Gasteiger partial charge in [-0.25, -0.2) is 5.84 Å². The molecule has 0 aromatic carbocycles. The summed E-state index contributed by atoms with van der Waals surface area (Å²) >= 11 is 0. The van der Waals surface area contributed by atoms with Gasteiger partial charge in [-0.15, -0.1) is 0 Å². The number of carbonyl (C=O) groups excluding carboxylic acids is 1. The summed E-state index contributed by atoms with van der Waals surface area (Å²) in [5.74, 6) is 5.01. The van der Waals surface area contributed by atoms with Gasteiger partial charge in [0.2, 0.25) is 5.91 Å². The molecule has 0 bridgehead atoms. The predicted molar refractivity (Wildman–Crippen MR) is 64.7 cm³/mol. The molecule has 94 valence electrons. The van der Waals surface area contributed by atoms with Crippen LogP contribution in [-0.4, -0.2) is 55.0 Å². The van der Waals surface area contributed by atoms with Crippen LogP contribution in [0.2, 0.25) is 0 Å². The number of likely N-dealkylation sites (tertiary alicyclic amines) is 1. The van der Waals surface area contributed by atoms with Crippen LogP contribution in [0, 0.1) is 0 Å². The van der Waals surface area contributed by atoms with Gasteiger partial charge >= 0.3 is 0 Å². The third-order valence-electron chi connectivity index (χ3n) is 3.49. The van der Waals surface area contributed by atoms with E-state index >= 15 is 0 Å². The van der Waals surface area contributed by atoms with Crippen LogP contribution < -0.4 is 11.3 Å². The smallest absolute Gasteiger partial charge is 0.235 e. The molecule has 0 aromatic rings. The summed E-state index contributed by atoms with van der Waals surface area (Å²) in [4.78, 5) is 15.8. The molecule has 0 aromatic heterocycles. The minimum Gasteiger partial charge on any atom is -0.306 e. The van der Waals surface area contributed by atoms with Crippen molar-refractivity contribution >= 4 is 5.91 Å². The van der Waals surface area contributed by atoms with E-state index in [0.29, 0.717) is 12.5 Å². The lowest BCUT2D eigenvalue weighted by atomic mass is 10.0. The molecule has 1 aliphatic heterocycles. The number of rotatable bonds is 4. The Kier molecular flexibility index (Phi) is 5.18. The molecule has 1 fully saturated rings. The van der Waals surface area contributed by atoms with Crippen molar-refractivity contribution in [1.82, 2.24) is 15.2 Å². The van der Waals surface area contributed by atoms with Gasteiger partial charge in [0, 0.05) is 18.5 Å². The molecule has 1 saturated heterocycles. The van der Waals surface area contributed by atoms with Gasteiger partial charge in [-0.3, -0.25) is 10.2 Å². The number of hydrazine groups is 1. The molecule has 0 aliphatic carbocycles. The molecule has 1 aliphatic rings. The van der Waals surface area contributed by atoms with E-state index in [9.17, 15) is 4.79 Å². The standard InChI is InChI=1S/C11H24N4O/c1-9(8-11(16)13-12)15-6-4-10(5-7-15)14(2)3/h9-10H,4-8,12H2,1-3H3,(H,13,16). The monoisotopic (exact) mass is 228 g/mol. The zero-order valence-electron chi connectivity index (χ0n) is 10.6. The van der Waals surface area contributed by atoms with Gasteiger partial charge in [0.15, 0.2) is 0 Å². The van der Waals surface area contributed by atoms with Crippen molar-refractivity contribution in [3.63, 3.8) is 0 Å². The van der Waals surface area contributed by atoms with Crippen LogP contribution in [0.15, 0.2) is 0 Å². The number of hydrogen-bond acceptors (Lipinski definition) is 4. The number of hydrogen-bond donors (Lipinski definition) is 2. The zero-order chi connectivity index (χ0) is 12.1. The SMILES string of the molecule is CC(CC(=O)NN)N1CCC(N(C)C)CC1. The molecule has 0 spiro atoms. The number of carbonyl (C=O) groups is 1. The zero-order valence-corrected chi connectivity index (χ0v) is 10.6. The topological polar surface area (TPSA) is 61.6 Å². The Morgan fingerprint density at radius 3 is 2.50 bits per heavy atom. The van der Waals surface area contributed by atoms with Gasteiger partial charge in [0.1, 0.15) is 0 Å². The van der Waals surface area contributed by atoms with Crippen molar-refractivity contribution in [2.45, 2.75) is 38.3 Å². The minimum atomic E-state index is -0.0813. The van der Waals surface area contributed by atoms with Gasteiger partial charge in [-0.1, -0.05) is 0 Å². The molecule has 5 nitrogen and oxygen atoms in total. The second kappa shape index (κ2) is 6.18. The first kappa shape index (κ1) is 13.4. The summed E-state index contributed by atoms with van der Waals surface area (Å²) < 4.78 is 0. The molecular formula is C11H24N4O. The average molecular weight is 228 g/mol. The molecule has 1 amide bonds. The Labute approximate surface area is 97.9 Å². The third-order valence-corrected chi connectivity index (χ3v) is 3.49. The highest BCUT2D eigenvalue weighted by atomic mass is 16.2. The van der Waals surface area contributed by atoms with Gasteiger partial charge in [-0.2, -0.15) is 0 Å². The molecule has 1 atom stereocenters. The minimum absolute atomic E-state index is 0.0813. The molecule has 0 radical (unpaired) electrons. The Hall–Kier alpha value is -0.650. The second-order valence-corrected chi connectivity index (χ2v) is 4.85. The highest BCUT2D eigenvalue weighted by molar-refractivity contribution is 5.75. The molecular weight excluding hydrogens is 204 g/mol. The van der Waals surface area contributed by atoms with Crippen molar-refractivity contribution in [1.29, 1.82) is 0 Å². The third kappa shape index (κ3) is 3.73. The van der Waals surface area contributed by atoms with Crippen molar-refractivity contribution in [2.75, 3.05) is 27.2 Å². The first-order valence-corrected chi connectivity index (χ1v) is 5.94. The van der Waals surface area contributed by atoms with E-state index in [1.54, 1.807) is 0 Å². The van der Waals surface area contributed by atoms with Crippen LogP contribution in [0.1, 0.15) is 26.2 Å². The van der Waals surface area contributed by atoms with Crippen LogP contribution in [0.5, 0.6) is 0 Å². The quantitative estimate of drug-likeness (QED) is 0.397. The number of nitrogens with zero attached hydrogens (tertiary/aromatic N) is 2. The first-order chi connectivity index (χ1) is 7.54. The summed E-state index contributed by atoms with van der Waals surface area (Å²) in [6, 6.07) is 0.971. The van der Waals surface area contributed by atoms with Crippen molar-refractivity contribution in [2.24, 2.45) is 5.84 Å². The number of nitrogens with one attached hydrogen (secondary N) is 1. The van der Waals surface area contributed by atoms with Gasteiger partial charge in [0.05, 0.1) is 0 Å². The van der Waals surface area contributed by atoms with Gasteiger partial charge in [-0.05, 0) is 47.0 Å². The van der Waals surface area contributed by atoms with Crippen molar-refractivity contribution in [3.8, 4) is 0 Å². The van der Waals surface area contributed by atoms with E-state index in [-0.39, 0.29) is 11.9 Å². The van der Waals surface area contributed by atoms with Gasteiger partial charge in [0.25, 0.3) is 0 Å². The second-order valence-electron chi connectivity index (χ2n) is 4.85. The number of amides is 1. The maximum atomic E-state index is 11.2. The Balaban J connectivity index is 2.32. The largest absolute Gasteiger partial charge is 0.306 e. The lowest BCUT2D eigenvalue weighted by Crippen LogP contribution is -2.47. The normalized spacial score (nSPS) is 21.1. The lowest BCUT2D eigenvalue weighted by molar-refractivity contribution is -0.122. The summed E-state index contributed by atoms with van der Waals surface area (Å²) in [7, 11) is 4.26. The molecule has 1 unspecified atom stereocenters. The lowest BCUT2D eigenvalue weighted by Gasteiger charge is -2.38. The van der Waals surface area contributed by atoms with Gasteiger partial charge < -0.3 is 9.80 Å². The highest BCUT2D eigenvalue weighted by Gasteiger charge is 2.24. The van der Waals surface area contributed by atoms with E-state index < -0.39 is 0 Å². The molecule has 0 saturated carbocycles. The first-order valence-electron chi connectivity index (χ1n) is 5.94. The molecule has 16 heavy (non-hydrogen) atoms. The van der Waals surface area contributed by atoms with E-state index in [4.69, 9.17) is 5.84 Å². The van der Waals surface area contributed by atoms with E-state index in [1.165, 1.54) is 12.8 Å². The van der Waals surface area contributed by atoms with E-state index in [1.807, 2.05) is 0 Å². The predicted octanol–water partition coefficient (Wildman–Crippen LogP) is -0.219. The van der Waals surface area contributed by atoms with Crippen LogP contribution in [-0.2, 0) is 4.79 Å². The van der Waals surface area contributed by atoms with E-state index in [0.717, 1.165) is 13.1 Å². The van der Waals surface area contributed by atoms with Crippen LogP contribution in [0.3, 0.4) is 0 Å². The fourth-order valence-electron chi connectivity index (χ4n) is 2.30. The molecule has 5 heteroatoms. The maximum absolute atomic E-state index is 11.2. The van der Waals surface area contributed by atoms with Crippen LogP contribution in [0.4, 0.5) is 0 Å². The van der Waals surface area contributed by atoms with Crippen LogP contribution in [0.25, 0.3) is 0 Å². The fourth-order valence-corrected chi connectivity index (χ4v) is 2.30. The summed E-state index contributed by atoms with van der Waals surface area (Å²) in [5, 5.41) is 0. The number of piperidine rings is 1. The Morgan fingerprint density at radius 2 is 2.06 bits per heavy atom. The fraction of sp³-hybridized carbons (Fsp3) is 0.909. The summed E-state index contributed by atoms with van der Waals surface area (Å²) in [6.45, 7) is 4.23. The summed E-state index contributed by atoms with van der Waals surface area (Å²) in [5.41, 5.74) is 2.19. The maximum Gasteiger partial charge on any atom is 0.235 e. The average Bonchev–Trinajstić information content (AvgIpc) is 2.28. The van der Waals surface area contributed by atoms with E-state index in [2.05, 4.69) is 36.2 Å². The highest BCUT2D eigenvalue weighted by Crippen LogP contribution is 2.17. The van der Waals surface area contributed by atoms with Crippen molar-refractivity contribution in [3.05, 3.63) is 0 Å². The Morgan fingerprint density at radius 1 is 1.50 bits per heavy atom. The molecule has 1 rings (SSSR count). The number of nitrogens with two attached hydrogens (primary N) is 1.